The van der Waals surface area contributed by atoms with E-state index in [1.54, 1.807) is 18.3 Å². The Morgan fingerprint density at radius 2 is 2.19 bits per heavy atom. The molecule has 0 saturated heterocycles. The van der Waals surface area contributed by atoms with Crippen LogP contribution in [0.4, 0.5) is 4.39 Å². The lowest BCUT2D eigenvalue weighted by Crippen LogP contribution is -2.13. The molecule has 2 aromatic rings. The molecule has 16 heavy (non-hydrogen) atoms. The number of phenolic OH excluding ortho intramolecular Hbond substituents is 1. The van der Waals surface area contributed by atoms with Crippen molar-refractivity contribution in [1.82, 2.24) is 15.5 Å². The van der Waals surface area contributed by atoms with Gasteiger partial charge in [-0.05, 0) is 12.1 Å². The van der Waals surface area contributed by atoms with Gasteiger partial charge in [-0.3, -0.25) is 5.10 Å². The maximum absolute atomic E-state index is 13.0. The van der Waals surface area contributed by atoms with E-state index in [0.717, 1.165) is 5.69 Å². The number of nitrogens with one attached hydrogen (secondary N) is 2. The molecule has 0 saturated carbocycles. The molecule has 0 bridgehead atoms. The van der Waals surface area contributed by atoms with Crippen molar-refractivity contribution in [2.45, 2.75) is 13.1 Å². The molecule has 84 valence electrons. The van der Waals surface area contributed by atoms with Gasteiger partial charge in [0.2, 0.25) is 0 Å². The van der Waals surface area contributed by atoms with Crippen LogP contribution in [0.1, 0.15) is 11.3 Å². The first-order valence-electron chi connectivity index (χ1n) is 4.92. The molecule has 0 unspecified atom stereocenters. The number of aromatic hydroxyl groups is 1. The summed E-state index contributed by atoms with van der Waals surface area (Å²) in [5.74, 6) is -0.888. The molecule has 1 heterocycles. The van der Waals surface area contributed by atoms with E-state index in [-0.39, 0.29) is 5.75 Å². The fourth-order valence-electron chi connectivity index (χ4n) is 1.42. The quantitative estimate of drug-likeness (QED) is 0.734. The number of hydrogen-bond donors (Lipinski definition) is 3. The van der Waals surface area contributed by atoms with Gasteiger partial charge < -0.3 is 10.4 Å². The van der Waals surface area contributed by atoms with Gasteiger partial charge in [-0.25, -0.2) is 4.39 Å². The maximum Gasteiger partial charge on any atom is 0.165 e. The highest BCUT2D eigenvalue weighted by Crippen LogP contribution is 2.20. The molecule has 0 atom stereocenters. The molecule has 1 aromatic carbocycles. The van der Waals surface area contributed by atoms with Crippen molar-refractivity contribution in [3.63, 3.8) is 0 Å². The van der Waals surface area contributed by atoms with Gasteiger partial charge in [-0.2, -0.15) is 5.10 Å². The largest absolute Gasteiger partial charge is 0.505 e. The topological polar surface area (TPSA) is 60.9 Å². The normalized spacial score (nSPS) is 10.6. The van der Waals surface area contributed by atoms with Gasteiger partial charge in [0.25, 0.3) is 0 Å². The Morgan fingerprint density at radius 3 is 2.94 bits per heavy atom. The number of aromatic amines is 1. The molecule has 1 aromatic heterocycles. The van der Waals surface area contributed by atoms with Crippen LogP contribution in [-0.2, 0) is 13.1 Å². The predicted molar refractivity (Wildman–Crippen MR) is 57.2 cm³/mol. The van der Waals surface area contributed by atoms with Crippen LogP contribution in [0, 0.1) is 5.82 Å². The minimum Gasteiger partial charge on any atom is -0.505 e. The molecule has 5 heteroatoms. The van der Waals surface area contributed by atoms with Crippen molar-refractivity contribution in [1.29, 1.82) is 0 Å². The number of rotatable bonds is 4. The number of hydrogen-bond acceptors (Lipinski definition) is 3. The molecular formula is C11H12FN3O. The number of H-pyrrole nitrogens is 1. The summed E-state index contributed by atoms with van der Waals surface area (Å²) in [7, 11) is 0. The highest BCUT2D eigenvalue weighted by atomic mass is 19.1. The van der Waals surface area contributed by atoms with E-state index in [1.165, 1.54) is 6.07 Å². The number of phenols is 1. The number of nitrogens with zero attached hydrogens (tertiary/aromatic N) is 1. The van der Waals surface area contributed by atoms with Crippen molar-refractivity contribution >= 4 is 0 Å². The van der Waals surface area contributed by atoms with Crippen LogP contribution in [-0.4, -0.2) is 15.3 Å². The summed E-state index contributed by atoms with van der Waals surface area (Å²) in [5.41, 5.74) is 1.48. The van der Waals surface area contributed by atoms with Gasteiger partial charge in [0.15, 0.2) is 11.6 Å². The molecule has 0 fully saturated rings. The molecule has 0 amide bonds. The SMILES string of the molecule is Oc1c(F)cccc1CNCc1ccn[nH]1. The summed E-state index contributed by atoms with van der Waals surface area (Å²) < 4.78 is 13.0. The average molecular weight is 221 g/mol. The minimum atomic E-state index is -0.596. The molecular weight excluding hydrogens is 209 g/mol. The fourth-order valence-corrected chi connectivity index (χ4v) is 1.42. The first kappa shape index (κ1) is 10.6. The van der Waals surface area contributed by atoms with E-state index >= 15 is 0 Å². The van der Waals surface area contributed by atoms with Crippen molar-refractivity contribution in [3.05, 3.63) is 47.5 Å². The summed E-state index contributed by atoms with van der Waals surface area (Å²) in [4.78, 5) is 0. The molecule has 0 aliphatic rings. The average Bonchev–Trinajstić information content (AvgIpc) is 2.77. The van der Waals surface area contributed by atoms with Gasteiger partial charge in [-0.1, -0.05) is 12.1 Å². The second-order valence-corrected chi connectivity index (χ2v) is 3.43. The summed E-state index contributed by atoms with van der Waals surface area (Å²) in [6, 6.07) is 6.33. The zero-order valence-corrected chi connectivity index (χ0v) is 8.57. The zero-order valence-electron chi connectivity index (χ0n) is 8.57. The van der Waals surface area contributed by atoms with E-state index < -0.39 is 5.82 Å². The van der Waals surface area contributed by atoms with Gasteiger partial charge >= 0.3 is 0 Å². The Labute approximate surface area is 92.1 Å². The predicted octanol–water partition coefficient (Wildman–Crippen LogP) is 1.54. The van der Waals surface area contributed by atoms with E-state index in [0.29, 0.717) is 18.7 Å². The lowest BCUT2D eigenvalue weighted by atomic mass is 10.2. The lowest BCUT2D eigenvalue weighted by Gasteiger charge is -2.06. The summed E-state index contributed by atoms with van der Waals surface area (Å²) in [6.07, 6.45) is 1.66. The Kier molecular flexibility index (Phi) is 3.16. The first-order chi connectivity index (χ1) is 7.77. The number of aromatic nitrogens is 2. The second kappa shape index (κ2) is 4.76. The molecule has 0 aliphatic heterocycles. The summed E-state index contributed by atoms with van der Waals surface area (Å²) in [6.45, 7) is 0.999. The molecule has 2 rings (SSSR count). The number of halogens is 1. The summed E-state index contributed by atoms with van der Waals surface area (Å²) >= 11 is 0. The van der Waals surface area contributed by atoms with Crippen molar-refractivity contribution in [2.75, 3.05) is 0 Å². The zero-order chi connectivity index (χ0) is 11.4. The van der Waals surface area contributed by atoms with Gasteiger partial charge in [-0.15, -0.1) is 0 Å². The third kappa shape index (κ3) is 2.38. The van der Waals surface area contributed by atoms with Crippen molar-refractivity contribution in [2.24, 2.45) is 0 Å². The Morgan fingerprint density at radius 1 is 1.31 bits per heavy atom. The van der Waals surface area contributed by atoms with Gasteiger partial charge in [0.05, 0.1) is 0 Å². The molecule has 4 nitrogen and oxygen atoms in total. The highest BCUT2D eigenvalue weighted by molar-refractivity contribution is 5.33. The monoisotopic (exact) mass is 221 g/mol. The third-order valence-electron chi connectivity index (χ3n) is 2.26. The maximum atomic E-state index is 13.0. The second-order valence-electron chi connectivity index (χ2n) is 3.43. The fraction of sp³-hybridized carbons (Fsp3) is 0.182. The van der Waals surface area contributed by atoms with Crippen LogP contribution >= 0.6 is 0 Å². The molecule has 0 spiro atoms. The lowest BCUT2D eigenvalue weighted by molar-refractivity contribution is 0.423. The van der Waals surface area contributed by atoms with Crippen LogP contribution in [0.5, 0.6) is 5.75 Å². The molecule has 3 N–H and O–H groups in total. The van der Waals surface area contributed by atoms with Crippen LogP contribution in [0.25, 0.3) is 0 Å². The molecule has 0 radical (unpaired) electrons. The number of benzene rings is 1. The van der Waals surface area contributed by atoms with E-state index in [1.807, 2.05) is 6.07 Å². The number of para-hydroxylation sites is 1. The summed E-state index contributed by atoms with van der Waals surface area (Å²) in [5, 5.41) is 19.1. The highest BCUT2D eigenvalue weighted by Gasteiger charge is 2.05. The van der Waals surface area contributed by atoms with E-state index in [9.17, 15) is 9.50 Å². The smallest absolute Gasteiger partial charge is 0.165 e. The van der Waals surface area contributed by atoms with Crippen molar-refractivity contribution < 1.29 is 9.50 Å². The third-order valence-corrected chi connectivity index (χ3v) is 2.26. The van der Waals surface area contributed by atoms with Gasteiger partial charge in [0, 0.05) is 30.5 Å². The standard InChI is InChI=1S/C11H12FN3O/c12-10-3-1-2-8(11(10)16)6-13-7-9-4-5-14-15-9/h1-5,13,16H,6-7H2,(H,14,15). The van der Waals surface area contributed by atoms with E-state index in [2.05, 4.69) is 15.5 Å². The van der Waals surface area contributed by atoms with Crippen LogP contribution in [0.3, 0.4) is 0 Å². The molecule has 0 aliphatic carbocycles. The van der Waals surface area contributed by atoms with Crippen LogP contribution in [0.2, 0.25) is 0 Å². The first-order valence-corrected chi connectivity index (χ1v) is 4.92. The Balaban J connectivity index is 1.92. The Hall–Kier alpha value is -1.88. The van der Waals surface area contributed by atoms with Crippen LogP contribution in [0.15, 0.2) is 30.5 Å². The van der Waals surface area contributed by atoms with Gasteiger partial charge in [0.1, 0.15) is 0 Å². The minimum absolute atomic E-state index is 0.292. The Bertz CT molecular complexity index is 456. The van der Waals surface area contributed by atoms with Crippen LogP contribution < -0.4 is 5.32 Å². The van der Waals surface area contributed by atoms with E-state index in [4.69, 9.17) is 0 Å². The van der Waals surface area contributed by atoms with Crippen molar-refractivity contribution in [3.8, 4) is 5.75 Å².